The molecule has 3 heteroatoms. The van der Waals surface area contributed by atoms with E-state index < -0.39 is 0 Å². The van der Waals surface area contributed by atoms with E-state index in [9.17, 15) is 4.79 Å². The van der Waals surface area contributed by atoms with E-state index >= 15 is 0 Å². The van der Waals surface area contributed by atoms with Crippen LogP contribution >= 0.6 is 0 Å². The van der Waals surface area contributed by atoms with Gasteiger partial charge in [0.15, 0.2) is 0 Å². The van der Waals surface area contributed by atoms with Gasteiger partial charge >= 0.3 is 0 Å². The molecule has 4 aliphatic carbocycles. The van der Waals surface area contributed by atoms with Gasteiger partial charge in [-0.2, -0.15) is 0 Å². The molecule has 3 N–H and O–H groups in total. The van der Waals surface area contributed by atoms with Crippen molar-refractivity contribution in [3.05, 3.63) is 70.8 Å². The molecule has 1 saturated carbocycles. The fourth-order valence-corrected chi connectivity index (χ4v) is 5.83. The summed E-state index contributed by atoms with van der Waals surface area (Å²) >= 11 is 0. The molecule has 6 rings (SSSR count). The summed E-state index contributed by atoms with van der Waals surface area (Å²) in [4.78, 5) is 12.5. The number of rotatable bonds is 4. The first-order chi connectivity index (χ1) is 13.2. The minimum absolute atomic E-state index is 0.181. The van der Waals surface area contributed by atoms with E-state index in [2.05, 4.69) is 53.8 Å². The molecule has 4 aliphatic rings. The number of fused-ring (bicyclic) bond motifs is 1. The van der Waals surface area contributed by atoms with Crippen molar-refractivity contribution in [1.29, 1.82) is 0 Å². The van der Waals surface area contributed by atoms with Crippen LogP contribution < -0.4 is 11.1 Å². The predicted octanol–water partition coefficient (Wildman–Crippen LogP) is 3.92. The molecule has 3 atom stereocenters. The van der Waals surface area contributed by atoms with Gasteiger partial charge in [-0.1, -0.05) is 55.0 Å². The van der Waals surface area contributed by atoms with Crippen LogP contribution in [-0.2, 0) is 4.79 Å². The van der Waals surface area contributed by atoms with Crippen LogP contribution in [0.3, 0.4) is 0 Å². The second kappa shape index (κ2) is 6.79. The van der Waals surface area contributed by atoms with Crippen molar-refractivity contribution >= 4 is 5.91 Å². The van der Waals surface area contributed by atoms with Crippen molar-refractivity contribution < 1.29 is 4.79 Å². The number of amides is 1. The minimum atomic E-state index is 0.181. The Morgan fingerprint density at radius 1 is 0.926 bits per heavy atom. The van der Waals surface area contributed by atoms with Crippen LogP contribution in [0.5, 0.6) is 0 Å². The van der Waals surface area contributed by atoms with Gasteiger partial charge in [0.1, 0.15) is 0 Å². The first-order valence-electron chi connectivity index (χ1n) is 10.4. The number of carbonyl (C=O) groups excluding carboxylic acids is 1. The fourth-order valence-electron chi connectivity index (χ4n) is 5.83. The van der Waals surface area contributed by atoms with Crippen LogP contribution in [0.25, 0.3) is 0 Å². The molecular formula is C24H28N2O. The molecule has 0 spiro atoms. The zero-order valence-electron chi connectivity index (χ0n) is 15.7. The SMILES string of the molecule is N[C@@H]1CCC[C@H]1CC(=O)NCC1CC2c3ccccc3C1c1ccccc12. The smallest absolute Gasteiger partial charge is 0.220 e. The van der Waals surface area contributed by atoms with Crippen LogP contribution in [0.1, 0.15) is 66.2 Å². The summed E-state index contributed by atoms with van der Waals surface area (Å²) in [6.45, 7) is 0.768. The maximum atomic E-state index is 12.5. The Morgan fingerprint density at radius 2 is 1.56 bits per heavy atom. The van der Waals surface area contributed by atoms with Crippen LogP contribution in [0, 0.1) is 11.8 Å². The highest BCUT2D eigenvalue weighted by atomic mass is 16.1. The van der Waals surface area contributed by atoms with E-state index in [4.69, 9.17) is 5.73 Å². The molecular weight excluding hydrogens is 332 g/mol. The standard InChI is InChI=1S/C24H28N2O/c25-22-11-5-6-15(22)13-23(27)26-14-16-12-21-17-7-1-3-9-19(17)24(16)20-10-4-2-8-18(20)21/h1-4,7-10,15-16,21-22,24H,5-6,11-14,25H2,(H,26,27)/t15-,16?,21?,22+,24?/m0/s1. The average molecular weight is 361 g/mol. The summed E-state index contributed by atoms with van der Waals surface area (Å²) in [6, 6.07) is 18.0. The van der Waals surface area contributed by atoms with Gasteiger partial charge in [0, 0.05) is 30.8 Å². The predicted molar refractivity (Wildman–Crippen MR) is 108 cm³/mol. The van der Waals surface area contributed by atoms with Crippen molar-refractivity contribution in [2.45, 2.75) is 50.0 Å². The molecule has 1 amide bonds. The largest absolute Gasteiger partial charge is 0.356 e. The normalized spacial score (nSPS) is 30.6. The summed E-state index contributed by atoms with van der Waals surface area (Å²) in [5.41, 5.74) is 12.0. The first-order valence-corrected chi connectivity index (χ1v) is 10.4. The lowest BCUT2D eigenvalue weighted by Gasteiger charge is -2.45. The second-order valence-electron chi connectivity index (χ2n) is 8.65. The molecule has 1 unspecified atom stereocenters. The Labute approximate surface area is 161 Å². The Hall–Kier alpha value is -2.13. The third kappa shape index (κ3) is 2.89. The zero-order chi connectivity index (χ0) is 18.4. The highest BCUT2D eigenvalue weighted by Crippen LogP contribution is 2.55. The van der Waals surface area contributed by atoms with Gasteiger partial charge in [-0.3, -0.25) is 4.79 Å². The summed E-state index contributed by atoms with van der Waals surface area (Å²) < 4.78 is 0. The monoisotopic (exact) mass is 360 g/mol. The molecule has 0 saturated heterocycles. The lowest BCUT2D eigenvalue weighted by molar-refractivity contribution is -0.122. The molecule has 0 radical (unpaired) electrons. The number of nitrogens with two attached hydrogens (primary N) is 1. The van der Waals surface area contributed by atoms with Crippen molar-refractivity contribution in [2.75, 3.05) is 6.54 Å². The Balaban J connectivity index is 1.34. The molecule has 2 aromatic rings. The van der Waals surface area contributed by atoms with Crippen LogP contribution in [0.4, 0.5) is 0 Å². The molecule has 0 heterocycles. The number of hydrogen-bond acceptors (Lipinski definition) is 2. The number of benzene rings is 2. The number of nitrogens with one attached hydrogen (secondary N) is 1. The fraction of sp³-hybridized carbons (Fsp3) is 0.458. The van der Waals surface area contributed by atoms with Gasteiger partial charge in [0.2, 0.25) is 5.91 Å². The lowest BCUT2D eigenvalue weighted by Crippen LogP contribution is -2.40. The van der Waals surface area contributed by atoms with Crippen LogP contribution in [0.2, 0.25) is 0 Å². The third-order valence-corrected chi connectivity index (χ3v) is 7.15. The number of carbonyl (C=O) groups is 1. The van der Waals surface area contributed by atoms with E-state index in [1.165, 1.54) is 28.7 Å². The van der Waals surface area contributed by atoms with Gasteiger partial charge < -0.3 is 11.1 Å². The van der Waals surface area contributed by atoms with Gasteiger partial charge in [-0.05, 0) is 53.4 Å². The van der Waals surface area contributed by atoms with E-state index in [1.54, 1.807) is 0 Å². The maximum Gasteiger partial charge on any atom is 0.220 e. The average Bonchev–Trinajstić information content (AvgIpc) is 3.11. The maximum absolute atomic E-state index is 12.5. The van der Waals surface area contributed by atoms with E-state index in [0.717, 1.165) is 25.8 Å². The third-order valence-electron chi connectivity index (χ3n) is 7.15. The Kier molecular flexibility index (Phi) is 4.28. The first kappa shape index (κ1) is 17.0. The Bertz CT molecular complexity index is 813. The summed E-state index contributed by atoms with van der Waals surface area (Å²) in [5, 5.41) is 3.25. The summed E-state index contributed by atoms with van der Waals surface area (Å²) in [7, 11) is 0. The van der Waals surface area contributed by atoms with E-state index in [0.29, 0.717) is 30.1 Å². The molecule has 2 bridgehead atoms. The minimum Gasteiger partial charge on any atom is -0.356 e. The highest BCUT2D eigenvalue weighted by molar-refractivity contribution is 5.76. The van der Waals surface area contributed by atoms with Crippen molar-refractivity contribution in [3.8, 4) is 0 Å². The number of hydrogen-bond donors (Lipinski definition) is 2. The zero-order valence-corrected chi connectivity index (χ0v) is 15.7. The van der Waals surface area contributed by atoms with Crippen LogP contribution in [0.15, 0.2) is 48.5 Å². The van der Waals surface area contributed by atoms with Gasteiger partial charge in [-0.25, -0.2) is 0 Å². The topological polar surface area (TPSA) is 55.1 Å². The molecule has 0 aliphatic heterocycles. The van der Waals surface area contributed by atoms with Gasteiger partial charge in [0.05, 0.1) is 0 Å². The van der Waals surface area contributed by atoms with Crippen molar-refractivity contribution in [3.63, 3.8) is 0 Å². The second-order valence-corrected chi connectivity index (χ2v) is 8.65. The quantitative estimate of drug-likeness (QED) is 0.868. The Morgan fingerprint density at radius 3 is 2.15 bits per heavy atom. The molecule has 27 heavy (non-hydrogen) atoms. The van der Waals surface area contributed by atoms with E-state index in [-0.39, 0.29) is 11.9 Å². The van der Waals surface area contributed by atoms with Gasteiger partial charge in [0.25, 0.3) is 0 Å². The lowest BCUT2D eigenvalue weighted by atomic mass is 9.59. The molecule has 140 valence electrons. The molecule has 2 aromatic carbocycles. The molecule has 3 nitrogen and oxygen atoms in total. The molecule has 0 aromatic heterocycles. The van der Waals surface area contributed by atoms with Crippen molar-refractivity contribution in [2.24, 2.45) is 17.6 Å². The van der Waals surface area contributed by atoms with Crippen molar-refractivity contribution in [1.82, 2.24) is 5.32 Å². The summed E-state index contributed by atoms with van der Waals surface area (Å²) in [6.07, 6.45) is 5.05. The molecule has 1 fully saturated rings. The highest BCUT2D eigenvalue weighted by Gasteiger charge is 2.42. The van der Waals surface area contributed by atoms with Gasteiger partial charge in [-0.15, -0.1) is 0 Å². The summed E-state index contributed by atoms with van der Waals surface area (Å²) in [5.74, 6) is 1.89. The van der Waals surface area contributed by atoms with Crippen LogP contribution in [-0.4, -0.2) is 18.5 Å². The van der Waals surface area contributed by atoms with E-state index in [1.807, 2.05) is 0 Å².